The van der Waals surface area contributed by atoms with Crippen LogP contribution in [-0.4, -0.2) is 15.4 Å². The number of hydrogen-bond acceptors (Lipinski definition) is 3. The lowest BCUT2D eigenvalue weighted by Gasteiger charge is -2.09. The summed E-state index contributed by atoms with van der Waals surface area (Å²) in [6, 6.07) is 6.06. The van der Waals surface area contributed by atoms with Gasteiger partial charge in [0, 0.05) is 17.5 Å². The first kappa shape index (κ1) is 13.1. The molecule has 0 bridgehead atoms. The summed E-state index contributed by atoms with van der Waals surface area (Å²) in [5, 5.41) is 21.2. The van der Waals surface area contributed by atoms with Gasteiger partial charge in [-0.2, -0.15) is 0 Å². The summed E-state index contributed by atoms with van der Waals surface area (Å²) in [4.78, 5) is 9.99. The molecule has 0 aromatic heterocycles. The zero-order valence-corrected chi connectivity index (χ0v) is 10.4. The Labute approximate surface area is 103 Å². The molecule has 4 nitrogen and oxygen atoms in total. The minimum Gasteiger partial charge on any atom is -0.388 e. The van der Waals surface area contributed by atoms with Crippen LogP contribution in [0.3, 0.4) is 0 Å². The van der Waals surface area contributed by atoms with Crippen LogP contribution in [0.25, 0.3) is 0 Å². The number of aliphatic hydroxyl groups is 1. The first-order valence-electron chi connectivity index (χ1n) is 5.13. The van der Waals surface area contributed by atoms with Crippen LogP contribution in [0.5, 0.6) is 0 Å². The maximum absolute atomic E-state index is 10.4. The van der Waals surface area contributed by atoms with Crippen LogP contribution in [0.15, 0.2) is 24.3 Å². The number of hydrogen-bond donors (Lipinski definition) is 1. The fourth-order valence-corrected chi connectivity index (χ4v) is 1.81. The van der Waals surface area contributed by atoms with E-state index in [0.717, 1.165) is 23.7 Å². The molecule has 1 aromatic rings. The Hall–Kier alpha value is -0.940. The van der Waals surface area contributed by atoms with Gasteiger partial charge < -0.3 is 5.11 Å². The van der Waals surface area contributed by atoms with Crippen molar-refractivity contribution in [2.45, 2.75) is 25.4 Å². The number of nitro groups is 1. The fourth-order valence-electron chi connectivity index (χ4n) is 1.42. The number of halogens is 1. The summed E-state index contributed by atoms with van der Waals surface area (Å²) in [7, 11) is 0. The Morgan fingerprint density at radius 3 is 2.44 bits per heavy atom. The first-order valence-corrected chi connectivity index (χ1v) is 6.25. The SMILES string of the molecule is O=[N+]([O-])c1ccc(C(O)CCCCBr)cc1. The number of nitro benzene ring substituents is 1. The van der Waals surface area contributed by atoms with Crippen molar-refractivity contribution in [3.8, 4) is 0 Å². The molecular weight excluding hydrogens is 274 g/mol. The van der Waals surface area contributed by atoms with Crippen molar-refractivity contribution >= 4 is 21.6 Å². The highest BCUT2D eigenvalue weighted by Crippen LogP contribution is 2.21. The largest absolute Gasteiger partial charge is 0.388 e. The van der Waals surface area contributed by atoms with Crippen molar-refractivity contribution in [2.75, 3.05) is 5.33 Å². The Morgan fingerprint density at radius 2 is 1.94 bits per heavy atom. The minimum atomic E-state index is -0.528. The normalized spacial score (nSPS) is 12.4. The molecule has 1 rings (SSSR count). The lowest BCUT2D eigenvalue weighted by molar-refractivity contribution is -0.384. The van der Waals surface area contributed by atoms with Crippen LogP contribution < -0.4 is 0 Å². The van der Waals surface area contributed by atoms with Gasteiger partial charge in [-0.05, 0) is 37.0 Å². The molecule has 0 heterocycles. The zero-order valence-electron chi connectivity index (χ0n) is 8.80. The van der Waals surface area contributed by atoms with Crippen molar-refractivity contribution in [3.05, 3.63) is 39.9 Å². The highest BCUT2D eigenvalue weighted by atomic mass is 79.9. The quantitative estimate of drug-likeness (QED) is 0.378. The number of alkyl halides is 1. The second kappa shape index (κ2) is 6.60. The predicted octanol–water partition coefficient (Wildman–Crippen LogP) is 3.19. The van der Waals surface area contributed by atoms with Crippen LogP contribution in [0.2, 0.25) is 0 Å². The number of unbranched alkanes of at least 4 members (excludes halogenated alkanes) is 1. The third kappa shape index (κ3) is 3.90. The van der Waals surface area contributed by atoms with Gasteiger partial charge in [-0.25, -0.2) is 0 Å². The summed E-state index contributed by atoms with van der Waals surface area (Å²) in [6.07, 6.45) is 2.11. The average molecular weight is 288 g/mol. The Morgan fingerprint density at radius 1 is 1.31 bits per heavy atom. The summed E-state index contributed by atoms with van der Waals surface area (Å²) in [5.74, 6) is 0. The van der Waals surface area contributed by atoms with Crippen LogP contribution >= 0.6 is 15.9 Å². The van der Waals surface area contributed by atoms with Crippen molar-refractivity contribution in [1.29, 1.82) is 0 Å². The van der Waals surface area contributed by atoms with Gasteiger partial charge in [0.1, 0.15) is 0 Å². The van der Waals surface area contributed by atoms with Crippen molar-refractivity contribution in [1.82, 2.24) is 0 Å². The number of aliphatic hydroxyl groups excluding tert-OH is 1. The molecule has 0 aliphatic heterocycles. The Kier molecular flexibility index (Phi) is 5.42. The third-order valence-corrected chi connectivity index (χ3v) is 2.91. The lowest BCUT2D eigenvalue weighted by atomic mass is 10.0. The molecule has 5 heteroatoms. The maximum Gasteiger partial charge on any atom is 0.269 e. The zero-order chi connectivity index (χ0) is 12.0. The molecule has 1 N–H and O–H groups in total. The van der Waals surface area contributed by atoms with Gasteiger partial charge in [-0.15, -0.1) is 0 Å². The van der Waals surface area contributed by atoms with Gasteiger partial charge in [-0.3, -0.25) is 10.1 Å². The molecular formula is C11H14BrNO3. The minimum absolute atomic E-state index is 0.0522. The van der Waals surface area contributed by atoms with E-state index in [9.17, 15) is 15.2 Å². The molecule has 0 saturated heterocycles. The second-order valence-electron chi connectivity index (χ2n) is 3.55. The van der Waals surface area contributed by atoms with E-state index >= 15 is 0 Å². The van der Waals surface area contributed by atoms with Gasteiger partial charge in [0.2, 0.25) is 0 Å². The van der Waals surface area contributed by atoms with E-state index < -0.39 is 11.0 Å². The summed E-state index contributed by atoms with van der Waals surface area (Å²) < 4.78 is 0. The first-order chi connectivity index (χ1) is 7.65. The number of benzene rings is 1. The molecule has 0 amide bonds. The predicted molar refractivity (Wildman–Crippen MR) is 65.7 cm³/mol. The molecule has 0 aliphatic carbocycles. The number of non-ortho nitro benzene ring substituents is 1. The van der Waals surface area contributed by atoms with E-state index in [1.165, 1.54) is 12.1 Å². The summed E-state index contributed by atoms with van der Waals surface area (Å²) in [5.41, 5.74) is 0.789. The van der Waals surface area contributed by atoms with Crippen LogP contribution in [0, 0.1) is 10.1 Å². The maximum atomic E-state index is 10.4. The highest BCUT2D eigenvalue weighted by Gasteiger charge is 2.09. The Bertz CT molecular complexity index is 340. The van der Waals surface area contributed by atoms with E-state index in [1.807, 2.05) is 0 Å². The molecule has 0 fully saturated rings. The molecule has 1 atom stereocenters. The fraction of sp³-hybridized carbons (Fsp3) is 0.455. The van der Waals surface area contributed by atoms with E-state index in [4.69, 9.17) is 0 Å². The lowest BCUT2D eigenvalue weighted by Crippen LogP contribution is -1.98. The van der Waals surface area contributed by atoms with E-state index in [2.05, 4.69) is 15.9 Å². The van der Waals surface area contributed by atoms with E-state index in [0.29, 0.717) is 6.42 Å². The molecule has 88 valence electrons. The van der Waals surface area contributed by atoms with Crippen molar-refractivity contribution in [2.24, 2.45) is 0 Å². The molecule has 0 aliphatic rings. The topological polar surface area (TPSA) is 63.4 Å². The number of nitrogens with zero attached hydrogens (tertiary/aromatic N) is 1. The van der Waals surface area contributed by atoms with Crippen molar-refractivity contribution < 1.29 is 10.0 Å². The second-order valence-corrected chi connectivity index (χ2v) is 4.34. The molecule has 16 heavy (non-hydrogen) atoms. The van der Waals surface area contributed by atoms with Gasteiger partial charge in [0.15, 0.2) is 0 Å². The highest BCUT2D eigenvalue weighted by molar-refractivity contribution is 9.09. The van der Waals surface area contributed by atoms with E-state index in [-0.39, 0.29) is 5.69 Å². The Balaban J connectivity index is 2.56. The van der Waals surface area contributed by atoms with Crippen LogP contribution in [-0.2, 0) is 0 Å². The van der Waals surface area contributed by atoms with Gasteiger partial charge in [0.25, 0.3) is 5.69 Å². The van der Waals surface area contributed by atoms with Gasteiger partial charge in [0.05, 0.1) is 11.0 Å². The smallest absolute Gasteiger partial charge is 0.269 e. The van der Waals surface area contributed by atoms with Gasteiger partial charge >= 0.3 is 0 Å². The molecule has 1 unspecified atom stereocenters. The van der Waals surface area contributed by atoms with Gasteiger partial charge in [-0.1, -0.05) is 15.9 Å². The standard InChI is InChI=1S/C11H14BrNO3/c12-8-2-1-3-11(14)9-4-6-10(7-5-9)13(15)16/h4-7,11,14H,1-3,8H2. The summed E-state index contributed by atoms with van der Waals surface area (Å²) >= 11 is 3.32. The van der Waals surface area contributed by atoms with Crippen molar-refractivity contribution in [3.63, 3.8) is 0 Å². The monoisotopic (exact) mass is 287 g/mol. The van der Waals surface area contributed by atoms with Crippen LogP contribution in [0.1, 0.15) is 30.9 Å². The number of rotatable bonds is 6. The third-order valence-electron chi connectivity index (χ3n) is 2.35. The molecule has 1 aromatic carbocycles. The average Bonchev–Trinajstić information content (AvgIpc) is 2.29. The molecule has 0 saturated carbocycles. The summed E-state index contributed by atoms with van der Waals surface area (Å²) in [6.45, 7) is 0. The van der Waals surface area contributed by atoms with E-state index in [1.54, 1.807) is 12.1 Å². The van der Waals surface area contributed by atoms with Crippen LogP contribution in [0.4, 0.5) is 5.69 Å². The molecule has 0 radical (unpaired) electrons. The molecule has 0 spiro atoms.